The van der Waals surface area contributed by atoms with E-state index in [1.165, 1.54) is 0 Å². The maximum Gasteiger partial charge on any atom is 0.175 e. The average molecular weight is 252 g/mol. The Kier molecular flexibility index (Phi) is 5.56. The molecule has 0 bridgehead atoms. The Morgan fingerprint density at radius 3 is 2.59 bits per heavy atom. The standard InChI is InChI=1S/C14H20O2S/c1-4-11(2)9-17(16)10-14(15)13-8-6-5-7-12(13)3/h5-8,11H,4,9-10H2,1-3H3. The van der Waals surface area contributed by atoms with Crippen molar-refractivity contribution in [2.24, 2.45) is 5.92 Å². The van der Waals surface area contributed by atoms with Gasteiger partial charge in [-0.3, -0.25) is 9.00 Å². The third kappa shape index (κ3) is 4.43. The van der Waals surface area contributed by atoms with Crippen molar-refractivity contribution in [3.05, 3.63) is 35.4 Å². The summed E-state index contributed by atoms with van der Waals surface area (Å²) in [6, 6.07) is 7.46. The van der Waals surface area contributed by atoms with E-state index >= 15 is 0 Å². The lowest BCUT2D eigenvalue weighted by Gasteiger charge is -2.08. The number of Topliss-reactive ketones (excluding diaryl/α,β-unsaturated/α-hetero) is 1. The normalized spacial score (nSPS) is 14.3. The highest BCUT2D eigenvalue weighted by Gasteiger charge is 2.14. The molecule has 0 aliphatic heterocycles. The van der Waals surface area contributed by atoms with Crippen LogP contribution in [-0.4, -0.2) is 21.5 Å². The van der Waals surface area contributed by atoms with Crippen LogP contribution < -0.4 is 0 Å². The van der Waals surface area contributed by atoms with Crippen LogP contribution in [0.15, 0.2) is 24.3 Å². The summed E-state index contributed by atoms with van der Waals surface area (Å²) >= 11 is 0. The molecule has 1 aromatic rings. The van der Waals surface area contributed by atoms with Crippen molar-refractivity contribution in [2.45, 2.75) is 27.2 Å². The van der Waals surface area contributed by atoms with Crippen molar-refractivity contribution < 1.29 is 9.00 Å². The fourth-order valence-electron chi connectivity index (χ4n) is 1.60. The second-order valence-corrected chi connectivity index (χ2v) is 6.00. The molecule has 0 heterocycles. The van der Waals surface area contributed by atoms with Gasteiger partial charge in [0.05, 0.1) is 5.75 Å². The predicted molar refractivity (Wildman–Crippen MR) is 72.8 cm³/mol. The minimum Gasteiger partial charge on any atom is -0.293 e. The van der Waals surface area contributed by atoms with Crippen LogP contribution in [-0.2, 0) is 10.8 Å². The highest BCUT2D eigenvalue weighted by molar-refractivity contribution is 7.85. The highest BCUT2D eigenvalue weighted by atomic mass is 32.2. The number of carbonyl (C=O) groups is 1. The van der Waals surface area contributed by atoms with Gasteiger partial charge >= 0.3 is 0 Å². The van der Waals surface area contributed by atoms with Gasteiger partial charge in [-0.05, 0) is 18.4 Å². The third-order valence-corrected chi connectivity index (χ3v) is 4.43. The van der Waals surface area contributed by atoms with E-state index in [0.29, 0.717) is 17.2 Å². The van der Waals surface area contributed by atoms with Crippen molar-refractivity contribution in [1.82, 2.24) is 0 Å². The number of hydrogen-bond donors (Lipinski definition) is 0. The summed E-state index contributed by atoms with van der Waals surface area (Å²) < 4.78 is 11.8. The quantitative estimate of drug-likeness (QED) is 0.729. The fourth-order valence-corrected chi connectivity index (χ4v) is 3.04. The zero-order valence-corrected chi connectivity index (χ0v) is 11.5. The van der Waals surface area contributed by atoms with E-state index < -0.39 is 10.8 Å². The summed E-state index contributed by atoms with van der Waals surface area (Å²) in [6.45, 7) is 6.05. The molecule has 17 heavy (non-hydrogen) atoms. The zero-order chi connectivity index (χ0) is 12.8. The van der Waals surface area contributed by atoms with E-state index in [4.69, 9.17) is 0 Å². The summed E-state index contributed by atoms with van der Waals surface area (Å²) in [7, 11) is -1.04. The Morgan fingerprint density at radius 2 is 2.00 bits per heavy atom. The summed E-state index contributed by atoms with van der Waals surface area (Å²) in [4.78, 5) is 12.0. The molecular formula is C14H20O2S. The molecule has 0 spiro atoms. The van der Waals surface area contributed by atoms with E-state index in [1.807, 2.05) is 25.1 Å². The van der Waals surface area contributed by atoms with Gasteiger partial charge in [0.15, 0.2) is 5.78 Å². The van der Waals surface area contributed by atoms with Crippen LogP contribution in [0.25, 0.3) is 0 Å². The summed E-state index contributed by atoms with van der Waals surface area (Å²) in [5.41, 5.74) is 1.66. The van der Waals surface area contributed by atoms with Crippen molar-refractivity contribution in [1.29, 1.82) is 0 Å². The van der Waals surface area contributed by atoms with Crippen molar-refractivity contribution >= 4 is 16.6 Å². The Balaban J connectivity index is 2.61. The van der Waals surface area contributed by atoms with Gasteiger partial charge in [-0.25, -0.2) is 0 Å². The number of benzene rings is 1. The number of ketones is 1. The van der Waals surface area contributed by atoms with Crippen LogP contribution in [0.2, 0.25) is 0 Å². The molecule has 0 fully saturated rings. The Hall–Kier alpha value is -0.960. The Morgan fingerprint density at radius 1 is 1.35 bits per heavy atom. The van der Waals surface area contributed by atoms with Gasteiger partial charge in [-0.1, -0.05) is 44.5 Å². The first-order valence-electron chi connectivity index (χ1n) is 5.98. The molecule has 0 saturated carbocycles. The predicted octanol–water partition coefficient (Wildman–Crippen LogP) is 2.97. The van der Waals surface area contributed by atoms with E-state index in [9.17, 15) is 9.00 Å². The van der Waals surface area contributed by atoms with Gasteiger partial charge in [-0.2, -0.15) is 0 Å². The molecule has 0 radical (unpaired) electrons. The smallest absolute Gasteiger partial charge is 0.175 e. The first-order chi connectivity index (χ1) is 8.04. The third-order valence-electron chi connectivity index (χ3n) is 2.90. The molecule has 2 atom stereocenters. The van der Waals surface area contributed by atoms with Gasteiger partial charge in [-0.15, -0.1) is 0 Å². The first kappa shape index (κ1) is 14.1. The summed E-state index contributed by atoms with van der Waals surface area (Å²) in [5, 5.41) is 0. The molecule has 3 heteroatoms. The molecule has 0 saturated heterocycles. The molecule has 2 unspecified atom stereocenters. The lowest BCUT2D eigenvalue weighted by Crippen LogP contribution is -2.17. The van der Waals surface area contributed by atoms with Crippen molar-refractivity contribution in [3.63, 3.8) is 0 Å². The largest absolute Gasteiger partial charge is 0.293 e. The second kappa shape index (κ2) is 6.70. The SMILES string of the molecule is CCC(C)CS(=O)CC(=O)c1ccccc1C. The van der Waals surface area contributed by atoms with E-state index in [2.05, 4.69) is 13.8 Å². The van der Waals surface area contributed by atoms with Crippen molar-refractivity contribution in [3.8, 4) is 0 Å². The van der Waals surface area contributed by atoms with Crippen LogP contribution in [0.5, 0.6) is 0 Å². The van der Waals surface area contributed by atoms with Crippen LogP contribution in [0, 0.1) is 12.8 Å². The van der Waals surface area contributed by atoms with Gasteiger partial charge in [0.2, 0.25) is 0 Å². The highest BCUT2D eigenvalue weighted by Crippen LogP contribution is 2.10. The summed E-state index contributed by atoms with van der Waals surface area (Å²) in [5.74, 6) is 1.17. The van der Waals surface area contributed by atoms with Gasteiger partial charge in [0.25, 0.3) is 0 Å². The Labute approximate surface area is 106 Å². The van der Waals surface area contributed by atoms with Crippen LogP contribution in [0.3, 0.4) is 0 Å². The van der Waals surface area contributed by atoms with E-state index in [-0.39, 0.29) is 11.5 Å². The lowest BCUT2D eigenvalue weighted by atomic mass is 10.1. The number of carbonyl (C=O) groups excluding carboxylic acids is 1. The number of aryl methyl sites for hydroxylation is 1. The van der Waals surface area contributed by atoms with E-state index in [1.54, 1.807) is 6.07 Å². The van der Waals surface area contributed by atoms with Crippen LogP contribution in [0.4, 0.5) is 0 Å². The molecule has 0 aromatic heterocycles. The Bertz CT molecular complexity index is 412. The molecule has 0 amide bonds. The average Bonchev–Trinajstić information content (AvgIpc) is 2.29. The maximum absolute atomic E-state index is 12.0. The minimum atomic E-state index is -1.04. The molecule has 1 rings (SSSR count). The maximum atomic E-state index is 12.0. The van der Waals surface area contributed by atoms with Gasteiger partial charge in [0.1, 0.15) is 0 Å². The zero-order valence-electron chi connectivity index (χ0n) is 10.7. The monoisotopic (exact) mass is 252 g/mol. The van der Waals surface area contributed by atoms with Crippen LogP contribution >= 0.6 is 0 Å². The minimum absolute atomic E-state index is 0.00950. The molecule has 0 aliphatic carbocycles. The topological polar surface area (TPSA) is 34.1 Å². The first-order valence-corrected chi connectivity index (χ1v) is 7.47. The fraction of sp³-hybridized carbons (Fsp3) is 0.500. The molecule has 94 valence electrons. The number of hydrogen-bond acceptors (Lipinski definition) is 2. The molecule has 0 aliphatic rings. The van der Waals surface area contributed by atoms with Gasteiger partial charge < -0.3 is 0 Å². The lowest BCUT2D eigenvalue weighted by molar-refractivity contribution is 0.102. The molecular weight excluding hydrogens is 232 g/mol. The van der Waals surface area contributed by atoms with Crippen LogP contribution in [0.1, 0.15) is 36.2 Å². The number of rotatable bonds is 6. The molecule has 2 nitrogen and oxygen atoms in total. The molecule has 1 aromatic carbocycles. The van der Waals surface area contributed by atoms with Gasteiger partial charge in [0, 0.05) is 22.1 Å². The molecule has 0 N–H and O–H groups in total. The van der Waals surface area contributed by atoms with Crippen molar-refractivity contribution in [2.75, 3.05) is 11.5 Å². The second-order valence-electron chi connectivity index (χ2n) is 4.50. The van der Waals surface area contributed by atoms with E-state index in [0.717, 1.165) is 12.0 Å². The summed E-state index contributed by atoms with van der Waals surface area (Å²) in [6.07, 6.45) is 1.00.